The van der Waals surface area contributed by atoms with Gasteiger partial charge in [-0.05, 0) is 62.4 Å². The van der Waals surface area contributed by atoms with Gasteiger partial charge in [0.2, 0.25) is 0 Å². The van der Waals surface area contributed by atoms with Gasteiger partial charge in [-0.25, -0.2) is 8.78 Å². The molecule has 1 atom stereocenters. The zero-order chi connectivity index (χ0) is 17.6. The van der Waals surface area contributed by atoms with E-state index in [2.05, 4.69) is 15.5 Å². The number of hydrogen-bond donors (Lipinski definition) is 2. The lowest BCUT2D eigenvalue weighted by Gasteiger charge is -2.33. The fourth-order valence-electron chi connectivity index (χ4n) is 3.07. The lowest BCUT2D eigenvalue weighted by atomic mass is 10.1. The van der Waals surface area contributed by atoms with E-state index < -0.39 is 11.6 Å². The SMILES string of the molecule is Fc1ccc(NC(=S)NCC(c2ccco2)N2CCCCC2)c(F)c1. The number of furan rings is 1. The summed E-state index contributed by atoms with van der Waals surface area (Å²) in [6, 6.07) is 7.23. The number of halogens is 2. The molecule has 2 heterocycles. The highest BCUT2D eigenvalue weighted by Crippen LogP contribution is 2.24. The molecular formula is C18H21F2N3OS. The van der Waals surface area contributed by atoms with Gasteiger partial charge in [0.05, 0.1) is 18.0 Å². The van der Waals surface area contributed by atoms with Crippen molar-refractivity contribution < 1.29 is 13.2 Å². The van der Waals surface area contributed by atoms with Crippen LogP contribution in [0.2, 0.25) is 0 Å². The summed E-state index contributed by atoms with van der Waals surface area (Å²) in [5.41, 5.74) is 0.145. The molecule has 3 rings (SSSR count). The van der Waals surface area contributed by atoms with Crippen LogP contribution in [0.3, 0.4) is 0 Å². The number of benzene rings is 1. The van der Waals surface area contributed by atoms with Crippen LogP contribution >= 0.6 is 12.2 Å². The Kier molecular flexibility index (Phi) is 5.99. The lowest BCUT2D eigenvalue weighted by molar-refractivity contribution is 0.146. The molecule has 1 unspecified atom stereocenters. The number of anilines is 1. The summed E-state index contributed by atoms with van der Waals surface area (Å²) in [7, 11) is 0. The summed E-state index contributed by atoms with van der Waals surface area (Å²) in [4.78, 5) is 2.37. The van der Waals surface area contributed by atoms with E-state index >= 15 is 0 Å². The molecule has 1 saturated heterocycles. The van der Waals surface area contributed by atoms with Crippen LogP contribution in [0.5, 0.6) is 0 Å². The average Bonchev–Trinajstić information content (AvgIpc) is 3.13. The van der Waals surface area contributed by atoms with Crippen LogP contribution in [-0.4, -0.2) is 29.6 Å². The molecule has 0 saturated carbocycles. The molecule has 1 aromatic heterocycles. The highest BCUT2D eigenvalue weighted by Gasteiger charge is 2.24. The van der Waals surface area contributed by atoms with Crippen LogP contribution in [0.15, 0.2) is 41.0 Å². The van der Waals surface area contributed by atoms with Gasteiger partial charge in [-0.1, -0.05) is 6.42 Å². The second kappa shape index (κ2) is 8.40. The molecule has 0 spiro atoms. The summed E-state index contributed by atoms with van der Waals surface area (Å²) < 4.78 is 32.3. The highest BCUT2D eigenvalue weighted by atomic mass is 32.1. The number of rotatable bonds is 5. The van der Waals surface area contributed by atoms with Crippen molar-refractivity contribution >= 4 is 23.0 Å². The Balaban J connectivity index is 1.61. The van der Waals surface area contributed by atoms with E-state index in [0.29, 0.717) is 11.7 Å². The molecule has 2 aromatic rings. The van der Waals surface area contributed by atoms with Crippen molar-refractivity contribution in [3.05, 3.63) is 54.0 Å². The van der Waals surface area contributed by atoms with Crippen molar-refractivity contribution in [1.82, 2.24) is 10.2 Å². The molecular weight excluding hydrogens is 344 g/mol. The van der Waals surface area contributed by atoms with Gasteiger partial charge >= 0.3 is 0 Å². The van der Waals surface area contributed by atoms with Crippen molar-refractivity contribution in [1.29, 1.82) is 0 Å². The molecule has 7 heteroatoms. The average molecular weight is 365 g/mol. The fraction of sp³-hybridized carbons (Fsp3) is 0.389. The van der Waals surface area contributed by atoms with Gasteiger partial charge in [0, 0.05) is 12.6 Å². The van der Waals surface area contributed by atoms with E-state index in [-0.39, 0.29) is 11.7 Å². The first-order valence-electron chi connectivity index (χ1n) is 8.41. The minimum Gasteiger partial charge on any atom is -0.468 e. The lowest BCUT2D eigenvalue weighted by Crippen LogP contribution is -2.41. The molecule has 1 aliphatic rings. The van der Waals surface area contributed by atoms with Crippen molar-refractivity contribution in [3.63, 3.8) is 0 Å². The summed E-state index contributed by atoms with van der Waals surface area (Å²) in [6.07, 6.45) is 5.25. The molecule has 0 bridgehead atoms. The molecule has 2 N–H and O–H groups in total. The summed E-state index contributed by atoms with van der Waals surface area (Å²) in [5.74, 6) is -0.419. The summed E-state index contributed by atoms with van der Waals surface area (Å²) in [5, 5.41) is 6.18. The predicted octanol–water partition coefficient (Wildman–Crippen LogP) is 4.07. The van der Waals surface area contributed by atoms with Crippen molar-refractivity contribution in [2.24, 2.45) is 0 Å². The van der Waals surface area contributed by atoms with Gasteiger partial charge in [-0.15, -0.1) is 0 Å². The van der Waals surface area contributed by atoms with Crippen LogP contribution in [0.4, 0.5) is 14.5 Å². The zero-order valence-electron chi connectivity index (χ0n) is 13.8. The van der Waals surface area contributed by atoms with Gasteiger partial charge in [0.1, 0.15) is 17.4 Å². The molecule has 134 valence electrons. The van der Waals surface area contributed by atoms with Crippen LogP contribution in [-0.2, 0) is 0 Å². The van der Waals surface area contributed by atoms with Crippen LogP contribution < -0.4 is 10.6 Å². The van der Waals surface area contributed by atoms with Gasteiger partial charge in [-0.2, -0.15) is 0 Å². The molecule has 1 aliphatic heterocycles. The third kappa shape index (κ3) is 4.76. The minimum atomic E-state index is -0.678. The normalized spacial score (nSPS) is 16.4. The van der Waals surface area contributed by atoms with Gasteiger partial charge < -0.3 is 15.1 Å². The largest absolute Gasteiger partial charge is 0.468 e. The van der Waals surface area contributed by atoms with Crippen molar-refractivity contribution in [3.8, 4) is 0 Å². The maximum atomic E-state index is 13.7. The first kappa shape index (κ1) is 17.8. The first-order valence-corrected chi connectivity index (χ1v) is 8.81. The summed E-state index contributed by atoms with van der Waals surface area (Å²) in [6.45, 7) is 2.57. The Bertz CT molecular complexity index is 702. The molecule has 4 nitrogen and oxygen atoms in total. The van der Waals surface area contributed by atoms with Crippen molar-refractivity contribution in [2.75, 3.05) is 25.0 Å². The van der Waals surface area contributed by atoms with E-state index in [0.717, 1.165) is 24.9 Å². The molecule has 25 heavy (non-hydrogen) atoms. The van der Waals surface area contributed by atoms with Gasteiger partial charge in [0.15, 0.2) is 5.11 Å². The first-order chi connectivity index (χ1) is 12.1. The van der Waals surface area contributed by atoms with Crippen LogP contribution in [0, 0.1) is 11.6 Å². The van der Waals surface area contributed by atoms with E-state index in [1.807, 2.05) is 12.1 Å². The van der Waals surface area contributed by atoms with E-state index in [4.69, 9.17) is 16.6 Å². The van der Waals surface area contributed by atoms with Gasteiger partial charge in [-0.3, -0.25) is 4.90 Å². The Morgan fingerprint density at radius 2 is 2.00 bits per heavy atom. The Morgan fingerprint density at radius 3 is 2.68 bits per heavy atom. The number of likely N-dealkylation sites (tertiary alicyclic amines) is 1. The third-order valence-corrected chi connectivity index (χ3v) is 4.58. The topological polar surface area (TPSA) is 40.4 Å². The number of hydrogen-bond acceptors (Lipinski definition) is 3. The number of nitrogens with one attached hydrogen (secondary N) is 2. The molecule has 1 fully saturated rings. The standard InChI is InChI=1S/C18H21F2N3OS/c19-13-6-7-15(14(20)11-13)22-18(25)21-12-16(17-5-4-10-24-17)23-8-2-1-3-9-23/h4-7,10-11,16H,1-3,8-9,12H2,(H2,21,22,25). The number of nitrogens with zero attached hydrogens (tertiary/aromatic N) is 1. The van der Waals surface area contributed by atoms with Crippen molar-refractivity contribution in [2.45, 2.75) is 25.3 Å². The second-order valence-electron chi connectivity index (χ2n) is 6.09. The Morgan fingerprint density at radius 1 is 1.20 bits per heavy atom. The van der Waals surface area contributed by atoms with E-state index in [1.165, 1.54) is 31.4 Å². The molecule has 0 amide bonds. The maximum Gasteiger partial charge on any atom is 0.170 e. The van der Waals surface area contributed by atoms with E-state index in [9.17, 15) is 8.78 Å². The highest BCUT2D eigenvalue weighted by molar-refractivity contribution is 7.80. The number of piperidine rings is 1. The minimum absolute atomic E-state index is 0.0631. The quantitative estimate of drug-likeness (QED) is 0.782. The maximum absolute atomic E-state index is 13.7. The third-order valence-electron chi connectivity index (χ3n) is 4.34. The smallest absolute Gasteiger partial charge is 0.170 e. The zero-order valence-corrected chi connectivity index (χ0v) is 14.6. The monoisotopic (exact) mass is 365 g/mol. The second-order valence-corrected chi connectivity index (χ2v) is 6.50. The molecule has 0 aliphatic carbocycles. The van der Waals surface area contributed by atoms with Gasteiger partial charge in [0.25, 0.3) is 0 Å². The number of thiocarbonyl (C=S) groups is 1. The predicted molar refractivity (Wildman–Crippen MR) is 97.5 cm³/mol. The van der Waals surface area contributed by atoms with Crippen LogP contribution in [0.1, 0.15) is 31.1 Å². The summed E-state index contributed by atoms with van der Waals surface area (Å²) >= 11 is 5.25. The molecule has 0 radical (unpaired) electrons. The fourth-order valence-corrected chi connectivity index (χ4v) is 3.26. The Hall–Kier alpha value is -1.99. The Labute approximate surface area is 151 Å². The molecule has 1 aromatic carbocycles. The van der Waals surface area contributed by atoms with Crippen LogP contribution in [0.25, 0.3) is 0 Å². The van der Waals surface area contributed by atoms with E-state index in [1.54, 1.807) is 6.26 Å².